The fourth-order valence-corrected chi connectivity index (χ4v) is 2.89. The minimum absolute atomic E-state index is 0.0106. The maximum absolute atomic E-state index is 2.68. The molecule has 0 bridgehead atoms. The summed E-state index contributed by atoms with van der Waals surface area (Å²) in [5, 5.41) is 0. The molecule has 0 amide bonds. The molecule has 0 spiro atoms. The fraction of sp³-hybridized carbons (Fsp3) is 0.778. The molecule has 1 saturated heterocycles. The zero-order valence-electron chi connectivity index (χ0n) is 7.77. The van der Waals surface area contributed by atoms with Gasteiger partial charge < -0.3 is 4.57 Å². The SMILES string of the molecule is CC(C)=C[SiH2]N1CCCCC1. The summed E-state index contributed by atoms with van der Waals surface area (Å²) < 4.78 is 2.68. The van der Waals surface area contributed by atoms with E-state index in [1.165, 1.54) is 37.9 Å². The lowest BCUT2D eigenvalue weighted by Crippen LogP contribution is -2.32. The largest absolute Gasteiger partial charge is 0.325 e. The highest BCUT2D eigenvalue weighted by molar-refractivity contribution is 6.38. The van der Waals surface area contributed by atoms with Crippen molar-refractivity contribution in [2.75, 3.05) is 13.1 Å². The summed E-state index contributed by atoms with van der Waals surface area (Å²) in [7, 11) is -0.0106. The summed E-state index contributed by atoms with van der Waals surface area (Å²) in [5.41, 5.74) is 3.97. The number of hydrogen-bond donors (Lipinski definition) is 0. The molecule has 0 unspecified atom stereocenters. The third kappa shape index (κ3) is 3.73. The van der Waals surface area contributed by atoms with Gasteiger partial charge in [0, 0.05) is 0 Å². The normalized spacial score (nSPS) is 20.9. The molecule has 11 heavy (non-hydrogen) atoms. The third-order valence-corrected chi connectivity index (χ3v) is 4.35. The molecule has 1 nitrogen and oxygen atoms in total. The van der Waals surface area contributed by atoms with Gasteiger partial charge in [0.2, 0.25) is 0 Å². The van der Waals surface area contributed by atoms with Crippen molar-refractivity contribution in [3.8, 4) is 0 Å². The van der Waals surface area contributed by atoms with Gasteiger partial charge in [0.05, 0.1) is 0 Å². The minimum Gasteiger partial charge on any atom is -0.325 e. The van der Waals surface area contributed by atoms with Crippen LogP contribution in [-0.4, -0.2) is 27.3 Å². The van der Waals surface area contributed by atoms with Crippen LogP contribution >= 0.6 is 0 Å². The Hall–Kier alpha value is -0.0831. The van der Waals surface area contributed by atoms with Gasteiger partial charge in [-0.25, -0.2) is 0 Å². The second-order valence-corrected chi connectivity index (χ2v) is 5.31. The summed E-state index contributed by atoms with van der Waals surface area (Å²) in [5.74, 6) is 0. The van der Waals surface area contributed by atoms with Crippen LogP contribution in [0.3, 0.4) is 0 Å². The number of rotatable bonds is 2. The summed E-state index contributed by atoms with van der Waals surface area (Å²) in [6.07, 6.45) is 4.33. The molecular weight excluding hydrogens is 150 g/mol. The maximum atomic E-state index is 2.68. The molecule has 0 atom stereocenters. The van der Waals surface area contributed by atoms with Crippen LogP contribution in [0.2, 0.25) is 0 Å². The maximum Gasteiger partial charge on any atom is 0.119 e. The van der Waals surface area contributed by atoms with Crippen molar-refractivity contribution in [3.05, 3.63) is 11.3 Å². The number of allylic oxidation sites excluding steroid dienone is 1. The van der Waals surface area contributed by atoms with Crippen LogP contribution in [-0.2, 0) is 0 Å². The van der Waals surface area contributed by atoms with E-state index in [4.69, 9.17) is 0 Å². The van der Waals surface area contributed by atoms with Gasteiger partial charge in [-0.3, -0.25) is 0 Å². The van der Waals surface area contributed by atoms with Gasteiger partial charge in [-0.05, 0) is 39.8 Å². The average Bonchev–Trinajstić information content (AvgIpc) is 2.03. The zero-order chi connectivity index (χ0) is 8.10. The summed E-state index contributed by atoms with van der Waals surface area (Å²) >= 11 is 0. The summed E-state index contributed by atoms with van der Waals surface area (Å²) in [4.78, 5) is 0. The Morgan fingerprint density at radius 1 is 1.18 bits per heavy atom. The Morgan fingerprint density at radius 3 is 2.36 bits per heavy atom. The van der Waals surface area contributed by atoms with Gasteiger partial charge in [0.25, 0.3) is 0 Å². The third-order valence-electron chi connectivity index (χ3n) is 2.21. The Kier molecular flexibility index (Phi) is 3.87. The standard InChI is InChI=1S/C9H19NSi/c1-9(2)8-11-10-6-4-3-5-7-10/h8H,3-7,11H2,1-2H3. The zero-order valence-corrected chi connectivity index (χ0v) is 9.18. The van der Waals surface area contributed by atoms with Gasteiger partial charge >= 0.3 is 0 Å². The van der Waals surface area contributed by atoms with E-state index in [0.717, 1.165) is 0 Å². The molecule has 1 fully saturated rings. The molecule has 0 saturated carbocycles. The Morgan fingerprint density at radius 2 is 1.82 bits per heavy atom. The second kappa shape index (κ2) is 4.73. The van der Waals surface area contributed by atoms with Crippen LogP contribution in [0.15, 0.2) is 11.3 Å². The van der Waals surface area contributed by atoms with Gasteiger partial charge in [-0.1, -0.05) is 17.7 Å². The van der Waals surface area contributed by atoms with Crippen molar-refractivity contribution < 1.29 is 0 Å². The van der Waals surface area contributed by atoms with Crippen LogP contribution in [0.5, 0.6) is 0 Å². The van der Waals surface area contributed by atoms with Crippen LogP contribution < -0.4 is 0 Å². The van der Waals surface area contributed by atoms with E-state index in [2.05, 4.69) is 24.1 Å². The molecule has 0 aromatic carbocycles. The molecule has 64 valence electrons. The number of hydrogen-bond acceptors (Lipinski definition) is 1. The van der Waals surface area contributed by atoms with Gasteiger partial charge in [0.15, 0.2) is 0 Å². The Labute approximate surface area is 72.4 Å². The lowest BCUT2D eigenvalue weighted by Gasteiger charge is -2.25. The smallest absolute Gasteiger partial charge is 0.119 e. The molecule has 1 aliphatic rings. The van der Waals surface area contributed by atoms with E-state index in [1.54, 1.807) is 0 Å². The minimum atomic E-state index is -0.0106. The average molecular weight is 169 g/mol. The first-order chi connectivity index (χ1) is 5.29. The van der Waals surface area contributed by atoms with E-state index >= 15 is 0 Å². The van der Waals surface area contributed by atoms with Crippen LogP contribution in [0.25, 0.3) is 0 Å². The summed E-state index contributed by atoms with van der Waals surface area (Å²) in [6.45, 7) is 7.15. The van der Waals surface area contributed by atoms with Gasteiger partial charge in [-0.15, -0.1) is 0 Å². The van der Waals surface area contributed by atoms with Crippen molar-refractivity contribution >= 4 is 9.68 Å². The summed E-state index contributed by atoms with van der Waals surface area (Å²) in [6, 6.07) is 0. The van der Waals surface area contributed by atoms with Crippen LogP contribution in [0.1, 0.15) is 33.1 Å². The quantitative estimate of drug-likeness (QED) is 0.566. The molecule has 0 aromatic rings. The van der Waals surface area contributed by atoms with Crippen molar-refractivity contribution in [2.45, 2.75) is 33.1 Å². The first kappa shape index (κ1) is 9.01. The van der Waals surface area contributed by atoms with Gasteiger partial charge in [0.1, 0.15) is 9.68 Å². The molecule has 2 heteroatoms. The fourth-order valence-electron chi connectivity index (χ4n) is 1.45. The number of piperidine rings is 1. The molecular formula is C9H19NSi. The molecule has 1 aliphatic heterocycles. The Balaban J connectivity index is 2.19. The van der Waals surface area contributed by atoms with E-state index in [-0.39, 0.29) is 9.68 Å². The highest BCUT2D eigenvalue weighted by atomic mass is 28.2. The number of nitrogens with zero attached hydrogens (tertiary/aromatic N) is 1. The van der Waals surface area contributed by atoms with Crippen molar-refractivity contribution in [3.63, 3.8) is 0 Å². The van der Waals surface area contributed by atoms with Crippen molar-refractivity contribution in [1.82, 2.24) is 4.57 Å². The lowest BCUT2D eigenvalue weighted by molar-refractivity contribution is 0.363. The van der Waals surface area contributed by atoms with E-state index < -0.39 is 0 Å². The van der Waals surface area contributed by atoms with E-state index in [1.807, 2.05) is 0 Å². The first-order valence-electron chi connectivity index (χ1n) is 4.65. The highest BCUT2D eigenvalue weighted by Crippen LogP contribution is 2.07. The molecule has 1 heterocycles. The van der Waals surface area contributed by atoms with E-state index in [0.29, 0.717) is 0 Å². The molecule has 0 aliphatic carbocycles. The van der Waals surface area contributed by atoms with Crippen molar-refractivity contribution in [1.29, 1.82) is 0 Å². The molecule has 0 N–H and O–H groups in total. The second-order valence-electron chi connectivity index (χ2n) is 3.64. The molecule has 1 rings (SSSR count). The van der Waals surface area contributed by atoms with Crippen molar-refractivity contribution in [2.24, 2.45) is 0 Å². The topological polar surface area (TPSA) is 3.24 Å². The highest BCUT2D eigenvalue weighted by Gasteiger charge is 2.07. The Bertz CT molecular complexity index is 132. The van der Waals surface area contributed by atoms with Crippen LogP contribution in [0, 0.1) is 0 Å². The molecule has 0 radical (unpaired) electrons. The van der Waals surface area contributed by atoms with Crippen LogP contribution in [0.4, 0.5) is 0 Å². The lowest BCUT2D eigenvalue weighted by atomic mass is 10.2. The predicted octanol–water partition coefficient (Wildman–Crippen LogP) is 1.48. The van der Waals surface area contributed by atoms with Gasteiger partial charge in [-0.2, -0.15) is 0 Å². The van der Waals surface area contributed by atoms with E-state index in [9.17, 15) is 0 Å². The first-order valence-corrected chi connectivity index (χ1v) is 6.09. The monoisotopic (exact) mass is 169 g/mol. The predicted molar refractivity (Wildman–Crippen MR) is 53.4 cm³/mol. The molecule has 0 aromatic heterocycles.